The van der Waals surface area contributed by atoms with Gasteiger partial charge in [-0.3, -0.25) is 9.59 Å². The molecule has 0 spiro atoms. The van der Waals surface area contributed by atoms with Crippen LogP contribution in [0, 0.1) is 11.8 Å². The van der Waals surface area contributed by atoms with Crippen molar-refractivity contribution in [3.8, 4) is 0 Å². The average molecular weight is 448 g/mol. The van der Waals surface area contributed by atoms with Crippen LogP contribution in [0.3, 0.4) is 0 Å². The molecule has 1 aromatic rings. The number of rotatable bonds is 7. The summed E-state index contributed by atoms with van der Waals surface area (Å²) < 4.78 is 15.8. The van der Waals surface area contributed by atoms with Crippen molar-refractivity contribution in [2.45, 2.75) is 46.1 Å². The molecule has 1 N–H and O–H groups in total. The maximum atomic E-state index is 13.5. The molecule has 0 radical (unpaired) electrons. The van der Waals surface area contributed by atoms with Gasteiger partial charge in [0.25, 0.3) is 0 Å². The van der Waals surface area contributed by atoms with Crippen LogP contribution >= 0.6 is 11.3 Å². The molecule has 2 heterocycles. The topological polar surface area (TPSA) is 90.9 Å². The van der Waals surface area contributed by atoms with Gasteiger partial charge in [-0.1, -0.05) is 13.0 Å². The highest BCUT2D eigenvalue weighted by Gasteiger charge is 2.47. The molecule has 3 atom stereocenters. The van der Waals surface area contributed by atoms with Gasteiger partial charge in [0.15, 0.2) is 5.78 Å². The molecule has 0 saturated carbocycles. The first-order chi connectivity index (χ1) is 14.8. The molecule has 1 aliphatic heterocycles. The number of hydrogen-bond acceptors (Lipinski definition) is 8. The van der Waals surface area contributed by atoms with Gasteiger partial charge in [0.2, 0.25) is 0 Å². The van der Waals surface area contributed by atoms with Crippen molar-refractivity contribution in [1.29, 1.82) is 0 Å². The number of thiophene rings is 1. The highest BCUT2D eigenvalue weighted by molar-refractivity contribution is 7.10. The molecule has 7 nitrogen and oxygen atoms in total. The second kappa shape index (κ2) is 9.78. The van der Waals surface area contributed by atoms with E-state index in [1.807, 2.05) is 45.2 Å². The van der Waals surface area contributed by atoms with E-state index in [0.717, 1.165) is 10.6 Å². The molecule has 0 saturated heterocycles. The van der Waals surface area contributed by atoms with E-state index in [2.05, 4.69) is 5.32 Å². The maximum absolute atomic E-state index is 13.5. The minimum atomic E-state index is -0.886. The smallest absolute Gasteiger partial charge is 0.336 e. The summed E-state index contributed by atoms with van der Waals surface area (Å²) in [6.07, 6.45) is 0.560. The molecule has 0 amide bonds. The predicted octanol–water partition coefficient (Wildman–Crippen LogP) is 3.33. The van der Waals surface area contributed by atoms with Crippen LogP contribution in [0.25, 0.3) is 0 Å². The second-order valence-corrected chi connectivity index (χ2v) is 9.09. The molecular formula is C23H29NO6S. The summed E-state index contributed by atoms with van der Waals surface area (Å²) in [6.45, 7) is 7.91. The van der Waals surface area contributed by atoms with Gasteiger partial charge in [-0.25, -0.2) is 4.79 Å². The highest BCUT2D eigenvalue weighted by atomic mass is 32.1. The predicted molar refractivity (Wildman–Crippen MR) is 116 cm³/mol. The van der Waals surface area contributed by atoms with Gasteiger partial charge in [-0.2, -0.15) is 0 Å². The molecule has 3 rings (SSSR count). The molecule has 0 bridgehead atoms. The van der Waals surface area contributed by atoms with E-state index in [-0.39, 0.29) is 24.4 Å². The lowest BCUT2D eigenvalue weighted by molar-refractivity contribution is -0.151. The zero-order chi connectivity index (χ0) is 22.7. The van der Waals surface area contributed by atoms with Crippen LogP contribution < -0.4 is 5.32 Å². The number of hydrogen-bond donors (Lipinski definition) is 1. The van der Waals surface area contributed by atoms with Gasteiger partial charge in [0.05, 0.1) is 31.3 Å². The minimum absolute atomic E-state index is 0.0414. The van der Waals surface area contributed by atoms with Gasteiger partial charge >= 0.3 is 11.9 Å². The van der Waals surface area contributed by atoms with E-state index in [9.17, 15) is 14.4 Å². The molecule has 0 fully saturated rings. The third kappa shape index (κ3) is 4.75. The van der Waals surface area contributed by atoms with Gasteiger partial charge in [0.1, 0.15) is 12.5 Å². The van der Waals surface area contributed by atoms with Crippen molar-refractivity contribution < 1.29 is 28.6 Å². The van der Waals surface area contributed by atoms with Crippen molar-refractivity contribution in [3.63, 3.8) is 0 Å². The Morgan fingerprint density at radius 3 is 2.65 bits per heavy atom. The summed E-state index contributed by atoms with van der Waals surface area (Å²) in [4.78, 5) is 39.8. The minimum Gasteiger partial charge on any atom is -0.468 e. The normalized spacial score (nSPS) is 23.5. The second-order valence-electron chi connectivity index (χ2n) is 8.11. The molecular weight excluding hydrogens is 418 g/mol. The van der Waals surface area contributed by atoms with Crippen molar-refractivity contribution in [2.24, 2.45) is 11.8 Å². The van der Waals surface area contributed by atoms with Gasteiger partial charge in [-0.05, 0) is 44.6 Å². The van der Waals surface area contributed by atoms with Gasteiger partial charge in [-0.15, -0.1) is 11.3 Å². The summed E-state index contributed by atoms with van der Waals surface area (Å²) in [6, 6.07) is 3.77. The fourth-order valence-corrected chi connectivity index (χ4v) is 5.03. The Balaban J connectivity index is 1.96. The molecule has 0 aromatic carbocycles. The molecule has 168 valence electrons. The number of allylic oxidation sites excluding steroid dienone is 3. The van der Waals surface area contributed by atoms with Gasteiger partial charge in [0, 0.05) is 21.8 Å². The first-order valence-corrected chi connectivity index (χ1v) is 11.3. The van der Waals surface area contributed by atoms with E-state index in [0.29, 0.717) is 29.9 Å². The van der Waals surface area contributed by atoms with E-state index < -0.39 is 23.8 Å². The Bertz CT molecular complexity index is 915. The lowest BCUT2D eigenvalue weighted by atomic mass is 9.70. The van der Waals surface area contributed by atoms with E-state index >= 15 is 0 Å². The monoisotopic (exact) mass is 447 g/mol. The number of nitrogens with one attached hydrogen (secondary N) is 1. The number of esters is 2. The summed E-state index contributed by atoms with van der Waals surface area (Å²) in [5.41, 5.74) is 2.25. The summed E-state index contributed by atoms with van der Waals surface area (Å²) >= 11 is 1.46. The lowest BCUT2D eigenvalue weighted by Gasteiger charge is -2.37. The third-order valence-electron chi connectivity index (χ3n) is 5.56. The Kier molecular flexibility index (Phi) is 7.33. The fourth-order valence-electron chi connectivity index (χ4n) is 4.19. The van der Waals surface area contributed by atoms with Crippen LogP contribution in [0.2, 0.25) is 0 Å². The molecule has 2 aliphatic rings. The molecule has 8 heteroatoms. The standard InChI is InChI=1S/C23H29NO6S/c1-12(2)29-8-9-30-23(27)18-14(4)24-15-11-13(3)17(22(26)28-5)21(25)19(15)20(18)16-7-6-10-31-16/h6-7,10,12-13,17,20,24H,8-9,11H2,1-5H3/t13-,17+,20-/m1/s1. The quantitative estimate of drug-likeness (QED) is 0.389. The van der Waals surface area contributed by atoms with Crippen LogP contribution in [0.4, 0.5) is 0 Å². The first-order valence-electron chi connectivity index (χ1n) is 10.4. The van der Waals surface area contributed by atoms with Crippen molar-refractivity contribution in [3.05, 3.63) is 44.9 Å². The highest BCUT2D eigenvalue weighted by Crippen LogP contribution is 2.46. The SMILES string of the molecule is COC(=O)[C@@H]1C(=O)C2=C(C[C@H]1C)NC(C)=C(C(=O)OCCOC(C)C)[C@H]2c1cccs1. The Morgan fingerprint density at radius 2 is 2.03 bits per heavy atom. The summed E-state index contributed by atoms with van der Waals surface area (Å²) in [5.74, 6) is -3.01. The van der Waals surface area contributed by atoms with Crippen LogP contribution in [0.1, 0.15) is 44.9 Å². The number of methoxy groups -OCH3 is 1. The number of carbonyl (C=O) groups excluding carboxylic acids is 3. The van der Waals surface area contributed by atoms with Crippen molar-refractivity contribution in [1.82, 2.24) is 5.32 Å². The number of dihydropyridines is 1. The zero-order valence-corrected chi connectivity index (χ0v) is 19.3. The van der Waals surface area contributed by atoms with Crippen LogP contribution in [-0.4, -0.2) is 44.1 Å². The summed E-state index contributed by atoms with van der Waals surface area (Å²) in [5, 5.41) is 5.15. The third-order valence-corrected chi connectivity index (χ3v) is 6.50. The molecule has 31 heavy (non-hydrogen) atoms. The molecule has 0 unspecified atom stereocenters. The Labute approximate surface area is 186 Å². The van der Waals surface area contributed by atoms with Gasteiger partial charge < -0.3 is 19.5 Å². The van der Waals surface area contributed by atoms with Crippen LogP contribution in [0.5, 0.6) is 0 Å². The largest absolute Gasteiger partial charge is 0.468 e. The lowest BCUT2D eigenvalue weighted by Crippen LogP contribution is -2.43. The van der Waals surface area contributed by atoms with Crippen LogP contribution in [-0.2, 0) is 28.6 Å². The Hall–Kier alpha value is -2.45. The zero-order valence-electron chi connectivity index (χ0n) is 18.5. The van der Waals surface area contributed by atoms with E-state index in [4.69, 9.17) is 14.2 Å². The molecule has 1 aromatic heterocycles. The number of Topliss-reactive ketones (excluding diaryl/α,β-unsaturated/α-hetero) is 1. The van der Waals surface area contributed by atoms with E-state index in [1.165, 1.54) is 18.4 Å². The van der Waals surface area contributed by atoms with Crippen molar-refractivity contribution in [2.75, 3.05) is 20.3 Å². The van der Waals surface area contributed by atoms with Crippen molar-refractivity contribution >= 4 is 29.1 Å². The van der Waals surface area contributed by atoms with E-state index in [1.54, 1.807) is 0 Å². The maximum Gasteiger partial charge on any atom is 0.336 e. The number of ether oxygens (including phenoxy) is 3. The van der Waals surface area contributed by atoms with Crippen LogP contribution in [0.15, 0.2) is 40.1 Å². The average Bonchev–Trinajstić information content (AvgIpc) is 3.24. The Morgan fingerprint density at radius 1 is 1.29 bits per heavy atom. The molecule has 1 aliphatic carbocycles. The number of carbonyl (C=O) groups is 3. The first kappa shape index (κ1) is 23.2. The summed E-state index contributed by atoms with van der Waals surface area (Å²) in [7, 11) is 1.29. The number of ketones is 1. The fraction of sp³-hybridized carbons (Fsp3) is 0.522.